The zero-order valence-corrected chi connectivity index (χ0v) is 17.3. The number of phenolic OH excluding ortho intramolecular Hbond substituents is 1. The molecule has 0 aliphatic rings. The van der Waals surface area contributed by atoms with E-state index in [4.69, 9.17) is 0 Å². The highest BCUT2D eigenvalue weighted by molar-refractivity contribution is 5.30. The van der Waals surface area contributed by atoms with Gasteiger partial charge < -0.3 is 5.11 Å². The maximum atomic E-state index is 13.4. The van der Waals surface area contributed by atoms with E-state index in [1.54, 1.807) is 16.8 Å². The lowest BCUT2D eigenvalue weighted by Gasteiger charge is -2.31. The third-order valence-corrected chi connectivity index (χ3v) is 4.98. The van der Waals surface area contributed by atoms with E-state index in [2.05, 4.69) is 23.8 Å². The lowest BCUT2D eigenvalue weighted by molar-refractivity contribution is 0.271. The molecule has 29 heavy (non-hydrogen) atoms. The zero-order valence-electron chi connectivity index (χ0n) is 17.3. The van der Waals surface area contributed by atoms with E-state index in [1.807, 2.05) is 54.4 Å². The van der Waals surface area contributed by atoms with Crippen molar-refractivity contribution in [3.8, 4) is 11.4 Å². The summed E-state index contributed by atoms with van der Waals surface area (Å²) in [5.41, 5.74) is 1.58. The summed E-state index contributed by atoms with van der Waals surface area (Å²) in [6.45, 7) is 9.12. The smallest absolute Gasteiger partial charge is 0.369 e. The van der Waals surface area contributed by atoms with Gasteiger partial charge in [0.05, 0.1) is 18.9 Å². The van der Waals surface area contributed by atoms with Crippen LogP contribution in [0.4, 0.5) is 0 Å². The topological polar surface area (TPSA) is 66.5 Å². The number of benzene rings is 2. The van der Waals surface area contributed by atoms with Gasteiger partial charge >= 0.3 is 5.69 Å². The zero-order chi connectivity index (χ0) is 20.8. The molecule has 154 valence electrons. The molecular formula is C22H29N5O2. The Hall–Kier alpha value is -3.06. The summed E-state index contributed by atoms with van der Waals surface area (Å²) < 4.78 is 3.16. The molecule has 0 aliphatic heterocycles. The third kappa shape index (κ3) is 4.68. The van der Waals surface area contributed by atoms with Crippen LogP contribution in [0.3, 0.4) is 0 Å². The highest BCUT2D eigenvalue weighted by Gasteiger charge is 2.20. The van der Waals surface area contributed by atoms with Crippen molar-refractivity contribution in [1.82, 2.24) is 19.4 Å². The van der Waals surface area contributed by atoms with Crippen LogP contribution >= 0.6 is 0 Å². The van der Waals surface area contributed by atoms with E-state index in [9.17, 15) is 9.90 Å². The summed E-state index contributed by atoms with van der Waals surface area (Å²) >= 11 is 0. The highest BCUT2D eigenvalue weighted by Crippen LogP contribution is 2.13. The molecule has 1 N–H and O–H groups in total. The van der Waals surface area contributed by atoms with Gasteiger partial charge in [-0.15, -0.1) is 5.10 Å². The molecule has 0 spiro atoms. The SMILES string of the molecule is CCc1nn(-c2ccccc2)c(=O)n1N(Cc1ccc(O)cc1)CN(CC)CC. The minimum atomic E-state index is -0.181. The second kappa shape index (κ2) is 9.43. The predicted molar refractivity (Wildman–Crippen MR) is 115 cm³/mol. The Morgan fingerprint density at radius 1 is 0.966 bits per heavy atom. The summed E-state index contributed by atoms with van der Waals surface area (Å²) in [4.78, 5) is 15.6. The second-order valence-electron chi connectivity index (χ2n) is 6.89. The molecule has 7 nitrogen and oxygen atoms in total. The van der Waals surface area contributed by atoms with E-state index < -0.39 is 0 Å². The number of hydrogen-bond donors (Lipinski definition) is 1. The predicted octanol–water partition coefficient (Wildman–Crippen LogP) is 2.74. The maximum absolute atomic E-state index is 13.4. The summed E-state index contributed by atoms with van der Waals surface area (Å²) in [5.74, 6) is 0.942. The number of rotatable bonds is 9. The average Bonchev–Trinajstić information content (AvgIpc) is 3.09. The van der Waals surface area contributed by atoms with Crippen molar-refractivity contribution in [2.75, 3.05) is 24.8 Å². The van der Waals surface area contributed by atoms with Gasteiger partial charge in [0, 0.05) is 6.42 Å². The first-order valence-electron chi connectivity index (χ1n) is 10.1. The number of hydrogen-bond acceptors (Lipinski definition) is 5. The Bertz CT molecular complexity index is 959. The Morgan fingerprint density at radius 3 is 2.21 bits per heavy atom. The summed E-state index contributed by atoms with van der Waals surface area (Å²) in [6, 6.07) is 16.6. The van der Waals surface area contributed by atoms with Gasteiger partial charge in [-0.05, 0) is 42.9 Å². The largest absolute Gasteiger partial charge is 0.508 e. The fourth-order valence-electron chi connectivity index (χ4n) is 3.29. The summed E-state index contributed by atoms with van der Waals surface area (Å²) in [6.07, 6.45) is 0.638. The van der Waals surface area contributed by atoms with E-state index in [0.29, 0.717) is 25.5 Å². The van der Waals surface area contributed by atoms with Crippen molar-refractivity contribution in [2.24, 2.45) is 0 Å². The van der Waals surface area contributed by atoms with Gasteiger partial charge in [0.1, 0.15) is 5.75 Å². The monoisotopic (exact) mass is 395 g/mol. The number of para-hydroxylation sites is 1. The number of aryl methyl sites for hydroxylation is 1. The molecule has 2 aromatic carbocycles. The van der Waals surface area contributed by atoms with Crippen molar-refractivity contribution in [2.45, 2.75) is 33.7 Å². The molecule has 1 heterocycles. The van der Waals surface area contributed by atoms with Gasteiger partial charge in [0.2, 0.25) is 0 Å². The standard InChI is InChI=1S/C22H29N5O2/c1-4-21-23-26(19-10-8-7-9-11-19)22(29)27(21)25(17-24(5-2)6-3)16-18-12-14-20(28)15-13-18/h7-15,28H,4-6,16-17H2,1-3H3. The second-order valence-corrected chi connectivity index (χ2v) is 6.89. The van der Waals surface area contributed by atoms with Gasteiger partial charge in [-0.2, -0.15) is 9.36 Å². The first-order valence-corrected chi connectivity index (χ1v) is 10.1. The van der Waals surface area contributed by atoms with Crippen LogP contribution in [0, 0.1) is 0 Å². The summed E-state index contributed by atoms with van der Waals surface area (Å²) in [5, 5.41) is 16.2. The first-order chi connectivity index (χ1) is 14.1. The summed E-state index contributed by atoms with van der Waals surface area (Å²) in [7, 11) is 0. The lowest BCUT2D eigenvalue weighted by Crippen LogP contribution is -2.49. The molecule has 0 aliphatic carbocycles. The minimum absolute atomic E-state index is 0.181. The minimum Gasteiger partial charge on any atom is -0.508 e. The van der Waals surface area contributed by atoms with Crippen LogP contribution in [0.15, 0.2) is 59.4 Å². The molecule has 0 atom stereocenters. The fourth-order valence-corrected chi connectivity index (χ4v) is 3.29. The van der Waals surface area contributed by atoms with Crippen molar-refractivity contribution in [3.05, 3.63) is 76.5 Å². The molecule has 0 amide bonds. The van der Waals surface area contributed by atoms with E-state index in [1.165, 1.54) is 4.68 Å². The van der Waals surface area contributed by atoms with Crippen LogP contribution in [0.5, 0.6) is 5.75 Å². The molecular weight excluding hydrogens is 366 g/mol. The third-order valence-electron chi connectivity index (χ3n) is 4.98. The van der Waals surface area contributed by atoms with E-state index in [0.717, 1.165) is 24.3 Å². The van der Waals surface area contributed by atoms with Gasteiger partial charge in [-0.1, -0.05) is 51.1 Å². The van der Waals surface area contributed by atoms with E-state index in [-0.39, 0.29) is 11.4 Å². The fraction of sp³-hybridized carbons (Fsp3) is 0.364. The number of aromatic hydroxyl groups is 1. The molecule has 3 rings (SSSR count). The van der Waals surface area contributed by atoms with Crippen LogP contribution in [-0.2, 0) is 13.0 Å². The van der Waals surface area contributed by atoms with Crippen LogP contribution < -0.4 is 10.7 Å². The van der Waals surface area contributed by atoms with Gasteiger partial charge in [0.15, 0.2) is 5.82 Å². The van der Waals surface area contributed by atoms with Crippen LogP contribution in [0.25, 0.3) is 5.69 Å². The lowest BCUT2D eigenvalue weighted by atomic mass is 10.2. The molecule has 0 bridgehead atoms. The quantitative estimate of drug-likeness (QED) is 0.565. The number of nitrogens with zero attached hydrogens (tertiary/aromatic N) is 5. The molecule has 7 heteroatoms. The van der Waals surface area contributed by atoms with Crippen LogP contribution in [-0.4, -0.2) is 44.2 Å². The van der Waals surface area contributed by atoms with E-state index >= 15 is 0 Å². The molecule has 0 unspecified atom stereocenters. The molecule has 3 aromatic rings. The highest BCUT2D eigenvalue weighted by atomic mass is 16.3. The molecule has 0 saturated carbocycles. The molecule has 0 saturated heterocycles. The van der Waals surface area contributed by atoms with Gasteiger partial charge in [0.25, 0.3) is 0 Å². The Labute approximate surface area is 171 Å². The van der Waals surface area contributed by atoms with Gasteiger partial charge in [-0.3, -0.25) is 9.91 Å². The molecule has 0 fully saturated rings. The molecule has 1 aromatic heterocycles. The maximum Gasteiger partial charge on any atom is 0.369 e. The normalized spacial score (nSPS) is 11.2. The number of phenols is 1. The van der Waals surface area contributed by atoms with Crippen molar-refractivity contribution in [1.29, 1.82) is 0 Å². The average molecular weight is 396 g/mol. The Morgan fingerprint density at radius 2 is 1.62 bits per heavy atom. The van der Waals surface area contributed by atoms with Crippen LogP contribution in [0.2, 0.25) is 0 Å². The Kier molecular flexibility index (Phi) is 6.72. The van der Waals surface area contributed by atoms with Crippen molar-refractivity contribution >= 4 is 0 Å². The van der Waals surface area contributed by atoms with Gasteiger partial charge in [-0.25, -0.2) is 4.79 Å². The van der Waals surface area contributed by atoms with Crippen molar-refractivity contribution in [3.63, 3.8) is 0 Å². The van der Waals surface area contributed by atoms with Crippen molar-refractivity contribution < 1.29 is 5.11 Å². The van der Waals surface area contributed by atoms with Crippen LogP contribution in [0.1, 0.15) is 32.2 Å². The Balaban J connectivity index is 2.05. The number of aromatic nitrogens is 3. The molecule has 0 radical (unpaired) electrons. The first kappa shape index (κ1) is 20.7.